The van der Waals surface area contributed by atoms with Crippen LogP contribution < -0.4 is 10.6 Å². The maximum Gasteiger partial charge on any atom is 0.287 e. The standard InChI is InChI=1S/C17H16Cl2N2O2/c18-11-3-1-9(7-12(11)19)15-5-6-16(23-15)17(22)21-14-8-10-2-4-13(14)20-10/h1,3,5-7,10,13-14,20H,2,4,8H2,(H,21,22)/t10-,13+,14-/m1/s1. The van der Waals surface area contributed by atoms with Crippen molar-refractivity contribution < 1.29 is 9.21 Å². The molecule has 2 bridgehead atoms. The number of nitrogens with one attached hydrogen (secondary N) is 2. The van der Waals surface area contributed by atoms with Crippen LogP contribution in [0, 0.1) is 0 Å². The Labute approximate surface area is 144 Å². The van der Waals surface area contributed by atoms with E-state index in [2.05, 4.69) is 10.6 Å². The van der Waals surface area contributed by atoms with Crippen molar-refractivity contribution in [2.24, 2.45) is 0 Å². The fourth-order valence-corrected chi connectivity index (χ4v) is 3.79. The number of amides is 1. The number of hydrogen-bond donors (Lipinski definition) is 2. The lowest BCUT2D eigenvalue weighted by Crippen LogP contribution is -2.42. The third kappa shape index (κ3) is 2.87. The quantitative estimate of drug-likeness (QED) is 0.883. The molecule has 0 radical (unpaired) electrons. The average Bonchev–Trinajstić information content (AvgIpc) is 3.25. The Morgan fingerprint density at radius 3 is 2.74 bits per heavy atom. The molecule has 1 aromatic heterocycles. The lowest BCUT2D eigenvalue weighted by atomic mass is 9.95. The first-order chi connectivity index (χ1) is 11.1. The molecule has 4 nitrogen and oxygen atoms in total. The molecular weight excluding hydrogens is 335 g/mol. The Balaban J connectivity index is 1.48. The topological polar surface area (TPSA) is 54.3 Å². The number of halogens is 2. The summed E-state index contributed by atoms with van der Waals surface area (Å²) >= 11 is 11.9. The van der Waals surface area contributed by atoms with Crippen molar-refractivity contribution >= 4 is 29.1 Å². The number of fused-ring (bicyclic) bond motifs is 2. The third-order valence-electron chi connectivity index (χ3n) is 4.65. The lowest BCUT2D eigenvalue weighted by Gasteiger charge is -2.20. The molecule has 4 rings (SSSR count). The van der Waals surface area contributed by atoms with Crippen LogP contribution >= 0.6 is 23.2 Å². The fraction of sp³-hybridized carbons (Fsp3) is 0.353. The molecule has 2 saturated heterocycles. The molecule has 3 atom stereocenters. The number of furan rings is 1. The van der Waals surface area contributed by atoms with E-state index in [0.29, 0.717) is 33.6 Å². The summed E-state index contributed by atoms with van der Waals surface area (Å²) in [5, 5.41) is 7.52. The van der Waals surface area contributed by atoms with Crippen LogP contribution in [0.5, 0.6) is 0 Å². The maximum atomic E-state index is 12.4. The number of rotatable bonds is 3. The largest absolute Gasteiger partial charge is 0.451 e. The first kappa shape index (κ1) is 15.1. The van der Waals surface area contributed by atoms with Gasteiger partial charge in [-0.3, -0.25) is 4.79 Å². The SMILES string of the molecule is O=C(N[C@@H]1C[C@H]2CC[C@@H]1N2)c1ccc(-c2ccc(Cl)c(Cl)c2)o1. The average molecular weight is 351 g/mol. The lowest BCUT2D eigenvalue weighted by molar-refractivity contribution is 0.0903. The smallest absolute Gasteiger partial charge is 0.287 e. The highest BCUT2D eigenvalue weighted by atomic mass is 35.5. The van der Waals surface area contributed by atoms with Gasteiger partial charge in [0, 0.05) is 23.7 Å². The van der Waals surface area contributed by atoms with E-state index in [1.165, 1.54) is 6.42 Å². The van der Waals surface area contributed by atoms with E-state index in [4.69, 9.17) is 27.6 Å². The molecule has 2 aliphatic heterocycles. The second-order valence-electron chi connectivity index (χ2n) is 6.16. The monoisotopic (exact) mass is 350 g/mol. The molecule has 0 aliphatic carbocycles. The minimum atomic E-state index is -0.171. The van der Waals surface area contributed by atoms with Gasteiger partial charge in [0.05, 0.1) is 10.0 Å². The molecule has 23 heavy (non-hydrogen) atoms. The van der Waals surface area contributed by atoms with Gasteiger partial charge in [0.15, 0.2) is 5.76 Å². The van der Waals surface area contributed by atoms with Gasteiger partial charge in [0.25, 0.3) is 5.91 Å². The van der Waals surface area contributed by atoms with Crippen molar-refractivity contribution in [3.8, 4) is 11.3 Å². The molecule has 0 spiro atoms. The van der Waals surface area contributed by atoms with Crippen LogP contribution in [0.1, 0.15) is 29.8 Å². The van der Waals surface area contributed by atoms with E-state index in [1.54, 1.807) is 24.3 Å². The van der Waals surface area contributed by atoms with Gasteiger partial charge in [0.1, 0.15) is 5.76 Å². The summed E-state index contributed by atoms with van der Waals surface area (Å²) in [6.45, 7) is 0. The Morgan fingerprint density at radius 2 is 2.04 bits per heavy atom. The first-order valence-corrected chi connectivity index (χ1v) is 8.48. The maximum absolute atomic E-state index is 12.4. The molecule has 2 N–H and O–H groups in total. The minimum Gasteiger partial charge on any atom is -0.451 e. The predicted octanol–water partition coefficient (Wildman–Crippen LogP) is 3.88. The van der Waals surface area contributed by atoms with Crippen LogP contribution in [0.25, 0.3) is 11.3 Å². The number of benzene rings is 1. The van der Waals surface area contributed by atoms with Crippen molar-refractivity contribution in [1.29, 1.82) is 0 Å². The van der Waals surface area contributed by atoms with E-state index in [0.717, 1.165) is 18.4 Å². The van der Waals surface area contributed by atoms with E-state index in [1.807, 2.05) is 6.07 Å². The summed E-state index contributed by atoms with van der Waals surface area (Å²) in [5.41, 5.74) is 0.792. The molecule has 1 aromatic carbocycles. The molecule has 1 amide bonds. The summed E-state index contributed by atoms with van der Waals surface area (Å²) < 4.78 is 5.68. The molecule has 6 heteroatoms. The molecule has 3 heterocycles. The Bertz CT molecular complexity index is 759. The van der Waals surface area contributed by atoms with E-state index < -0.39 is 0 Å². The van der Waals surface area contributed by atoms with Gasteiger partial charge in [-0.1, -0.05) is 23.2 Å². The van der Waals surface area contributed by atoms with Crippen LogP contribution in [0.15, 0.2) is 34.7 Å². The molecule has 2 fully saturated rings. The van der Waals surface area contributed by atoms with Crippen LogP contribution in [0.3, 0.4) is 0 Å². The molecule has 120 valence electrons. The van der Waals surface area contributed by atoms with Gasteiger partial charge in [-0.05, 0) is 49.6 Å². The van der Waals surface area contributed by atoms with Crippen LogP contribution in [0.4, 0.5) is 0 Å². The molecular formula is C17H16Cl2N2O2. The summed E-state index contributed by atoms with van der Waals surface area (Å²) in [7, 11) is 0. The second kappa shape index (κ2) is 5.86. The number of hydrogen-bond acceptors (Lipinski definition) is 3. The minimum absolute atomic E-state index is 0.171. The molecule has 2 aliphatic rings. The third-order valence-corrected chi connectivity index (χ3v) is 5.39. The number of carbonyl (C=O) groups is 1. The van der Waals surface area contributed by atoms with Crippen molar-refractivity contribution in [1.82, 2.24) is 10.6 Å². The van der Waals surface area contributed by atoms with Gasteiger partial charge in [-0.2, -0.15) is 0 Å². The molecule has 2 aromatic rings. The predicted molar refractivity (Wildman–Crippen MR) is 90.0 cm³/mol. The second-order valence-corrected chi connectivity index (χ2v) is 6.97. The summed E-state index contributed by atoms with van der Waals surface area (Å²) in [4.78, 5) is 12.4. The van der Waals surface area contributed by atoms with Crippen molar-refractivity contribution in [3.63, 3.8) is 0 Å². The highest BCUT2D eigenvalue weighted by Crippen LogP contribution is 2.30. The van der Waals surface area contributed by atoms with Gasteiger partial charge in [-0.25, -0.2) is 0 Å². The van der Waals surface area contributed by atoms with Crippen molar-refractivity contribution in [2.45, 2.75) is 37.4 Å². The fourth-order valence-electron chi connectivity index (χ4n) is 3.49. The van der Waals surface area contributed by atoms with Crippen LogP contribution in [0.2, 0.25) is 10.0 Å². The van der Waals surface area contributed by atoms with Gasteiger partial charge >= 0.3 is 0 Å². The summed E-state index contributed by atoms with van der Waals surface area (Å²) in [6.07, 6.45) is 3.33. The van der Waals surface area contributed by atoms with E-state index >= 15 is 0 Å². The zero-order valence-corrected chi connectivity index (χ0v) is 13.8. The highest BCUT2D eigenvalue weighted by Gasteiger charge is 2.39. The normalized spacial score (nSPS) is 25.7. The Morgan fingerprint density at radius 1 is 1.17 bits per heavy atom. The Hall–Kier alpha value is -1.49. The van der Waals surface area contributed by atoms with Crippen molar-refractivity contribution in [3.05, 3.63) is 46.1 Å². The Kier molecular flexibility index (Phi) is 3.84. The van der Waals surface area contributed by atoms with E-state index in [-0.39, 0.29) is 11.9 Å². The zero-order valence-electron chi connectivity index (χ0n) is 12.3. The number of carbonyl (C=O) groups excluding carboxylic acids is 1. The highest BCUT2D eigenvalue weighted by molar-refractivity contribution is 6.42. The molecule has 0 saturated carbocycles. The summed E-state index contributed by atoms with van der Waals surface area (Å²) in [5.74, 6) is 0.740. The van der Waals surface area contributed by atoms with Gasteiger partial charge in [-0.15, -0.1) is 0 Å². The van der Waals surface area contributed by atoms with Crippen molar-refractivity contribution in [2.75, 3.05) is 0 Å². The van der Waals surface area contributed by atoms with Gasteiger partial charge < -0.3 is 15.1 Å². The van der Waals surface area contributed by atoms with Crippen LogP contribution in [-0.2, 0) is 0 Å². The van der Waals surface area contributed by atoms with Gasteiger partial charge in [0.2, 0.25) is 0 Å². The van der Waals surface area contributed by atoms with Crippen LogP contribution in [-0.4, -0.2) is 24.0 Å². The van der Waals surface area contributed by atoms with E-state index in [9.17, 15) is 4.79 Å². The zero-order chi connectivity index (χ0) is 16.0. The first-order valence-electron chi connectivity index (χ1n) is 7.72. The summed E-state index contributed by atoms with van der Waals surface area (Å²) in [6, 6.07) is 9.85. The molecule has 0 unspecified atom stereocenters.